The average Bonchev–Trinajstić information content (AvgIpc) is 2.69. The number of hydrogen-bond donors (Lipinski definition) is 1. The van der Waals surface area contributed by atoms with Crippen molar-refractivity contribution in [3.05, 3.63) is 28.2 Å². The number of unbranched alkanes of at least 4 members (excludes halogenated alkanes) is 1. The number of carbonyl (C=O) groups excluding carboxylic acids is 2. The molecule has 0 saturated carbocycles. The molecule has 2 rings (SSSR count). The highest BCUT2D eigenvalue weighted by Crippen LogP contribution is 2.30. The van der Waals surface area contributed by atoms with Gasteiger partial charge in [0.1, 0.15) is 0 Å². The van der Waals surface area contributed by atoms with Gasteiger partial charge in [0.2, 0.25) is 5.91 Å². The first kappa shape index (κ1) is 15.3. The highest BCUT2D eigenvalue weighted by Gasteiger charge is 2.39. The molecule has 6 heteroatoms. The van der Waals surface area contributed by atoms with Crippen molar-refractivity contribution in [3.8, 4) is 0 Å². The molecule has 2 amide bonds. The lowest BCUT2D eigenvalue weighted by molar-refractivity contribution is -0.121. The molecule has 0 radical (unpaired) electrons. The van der Waals surface area contributed by atoms with E-state index >= 15 is 0 Å². The monoisotopic (exact) mass is 314 g/mol. The van der Waals surface area contributed by atoms with Crippen LogP contribution in [0.5, 0.6) is 0 Å². The zero-order valence-corrected chi connectivity index (χ0v) is 12.7. The van der Waals surface area contributed by atoms with Gasteiger partial charge in [-0.25, -0.2) is 4.90 Å². The van der Waals surface area contributed by atoms with Gasteiger partial charge in [0.05, 0.1) is 28.2 Å². The van der Waals surface area contributed by atoms with Gasteiger partial charge in [-0.1, -0.05) is 36.5 Å². The zero-order chi connectivity index (χ0) is 14.7. The molecule has 1 aromatic carbocycles. The van der Waals surface area contributed by atoms with E-state index in [-0.39, 0.29) is 18.2 Å². The minimum atomic E-state index is -0.441. The second kappa shape index (κ2) is 6.57. The fourth-order valence-electron chi connectivity index (χ4n) is 2.14. The Balaban J connectivity index is 2.14. The molecule has 1 aromatic rings. The van der Waals surface area contributed by atoms with E-state index in [1.54, 1.807) is 12.1 Å². The van der Waals surface area contributed by atoms with Gasteiger partial charge < -0.3 is 5.32 Å². The van der Waals surface area contributed by atoms with Crippen LogP contribution in [0.1, 0.15) is 26.2 Å². The van der Waals surface area contributed by atoms with Crippen molar-refractivity contribution >= 4 is 40.7 Å². The number of nitrogens with one attached hydrogen (secondary N) is 1. The summed E-state index contributed by atoms with van der Waals surface area (Å²) in [6.45, 7) is 2.81. The highest BCUT2D eigenvalue weighted by molar-refractivity contribution is 6.42. The van der Waals surface area contributed by atoms with Crippen molar-refractivity contribution in [3.63, 3.8) is 0 Å². The lowest BCUT2D eigenvalue weighted by atomic mass is 10.2. The molecule has 1 unspecified atom stereocenters. The van der Waals surface area contributed by atoms with Crippen molar-refractivity contribution in [2.45, 2.75) is 32.2 Å². The first-order valence-corrected chi connectivity index (χ1v) is 7.35. The third-order valence-corrected chi connectivity index (χ3v) is 3.97. The third-order valence-electron chi connectivity index (χ3n) is 3.23. The minimum Gasteiger partial charge on any atom is -0.305 e. The van der Waals surface area contributed by atoms with Crippen LogP contribution in [0.4, 0.5) is 5.69 Å². The lowest BCUT2D eigenvalue weighted by Gasteiger charge is -2.16. The zero-order valence-electron chi connectivity index (χ0n) is 11.2. The van der Waals surface area contributed by atoms with Crippen LogP contribution in [0.25, 0.3) is 0 Å². The molecule has 1 saturated heterocycles. The Labute approximate surface area is 128 Å². The van der Waals surface area contributed by atoms with Crippen LogP contribution < -0.4 is 10.2 Å². The molecule has 108 valence electrons. The lowest BCUT2D eigenvalue weighted by Crippen LogP contribution is -2.39. The molecule has 1 atom stereocenters. The second-order valence-electron chi connectivity index (χ2n) is 4.73. The maximum Gasteiger partial charge on any atom is 0.251 e. The summed E-state index contributed by atoms with van der Waals surface area (Å²) in [5, 5.41) is 3.84. The van der Waals surface area contributed by atoms with Gasteiger partial charge in [0, 0.05) is 0 Å². The van der Waals surface area contributed by atoms with Crippen molar-refractivity contribution < 1.29 is 9.59 Å². The predicted octanol–water partition coefficient (Wildman–Crippen LogP) is 3.02. The molecule has 1 fully saturated rings. The fourth-order valence-corrected chi connectivity index (χ4v) is 2.43. The molecule has 0 aliphatic carbocycles. The van der Waals surface area contributed by atoms with Gasteiger partial charge in [0.25, 0.3) is 5.91 Å². The number of hydrogen-bond acceptors (Lipinski definition) is 3. The quantitative estimate of drug-likeness (QED) is 0.671. The number of anilines is 1. The number of rotatable bonds is 5. The van der Waals surface area contributed by atoms with Crippen LogP contribution in [-0.4, -0.2) is 24.4 Å². The van der Waals surface area contributed by atoms with Crippen LogP contribution in [0.15, 0.2) is 18.2 Å². The number of carbonyl (C=O) groups is 2. The SMILES string of the molecule is CCCCNC1CC(=O)N(c2ccc(Cl)c(Cl)c2)C1=O. The second-order valence-corrected chi connectivity index (χ2v) is 5.54. The average molecular weight is 315 g/mol. The maximum atomic E-state index is 12.3. The summed E-state index contributed by atoms with van der Waals surface area (Å²) < 4.78 is 0. The summed E-state index contributed by atoms with van der Waals surface area (Å²) in [7, 11) is 0. The topological polar surface area (TPSA) is 49.4 Å². The Morgan fingerprint density at radius 3 is 2.70 bits per heavy atom. The van der Waals surface area contributed by atoms with Gasteiger partial charge in [-0.2, -0.15) is 0 Å². The summed E-state index contributed by atoms with van der Waals surface area (Å²) in [6, 6.07) is 4.30. The Morgan fingerprint density at radius 1 is 1.30 bits per heavy atom. The van der Waals surface area contributed by atoms with Crippen molar-refractivity contribution in [1.82, 2.24) is 5.32 Å². The Morgan fingerprint density at radius 2 is 2.05 bits per heavy atom. The summed E-state index contributed by atoms with van der Waals surface area (Å²) in [4.78, 5) is 25.5. The van der Waals surface area contributed by atoms with Gasteiger partial charge in [0.15, 0.2) is 0 Å². The highest BCUT2D eigenvalue weighted by atomic mass is 35.5. The number of nitrogens with zero attached hydrogens (tertiary/aromatic N) is 1. The molecular weight excluding hydrogens is 299 g/mol. The van der Waals surface area contributed by atoms with E-state index in [1.165, 1.54) is 11.0 Å². The molecule has 0 spiro atoms. The van der Waals surface area contributed by atoms with Crippen LogP contribution in [-0.2, 0) is 9.59 Å². The van der Waals surface area contributed by atoms with E-state index in [1.807, 2.05) is 0 Å². The van der Waals surface area contributed by atoms with E-state index in [9.17, 15) is 9.59 Å². The molecule has 1 aliphatic rings. The van der Waals surface area contributed by atoms with E-state index in [0.717, 1.165) is 19.4 Å². The Bertz CT molecular complexity index is 534. The summed E-state index contributed by atoms with van der Waals surface area (Å²) in [5.41, 5.74) is 0.467. The molecule has 20 heavy (non-hydrogen) atoms. The van der Waals surface area contributed by atoms with Gasteiger partial charge in [-0.15, -0.1) is 0 Å². The molecule has 1 N–H and O–H groups in total. The molecule has 1 aliphatic heterocycles. The van der Waals surface area contributed by atoms with Gasteiger partial charge in [-0.05, 0) is 31.2 Å². The van der Waals surface area contributed by atoms with Crippen LogP contribution >= 0.6 is 23.2 Å². The Hall–Kier alpha value is -1.10. The summed E-state index contributed by atoms with van der Waals surface area (Å²) >= 11 is 11.8. The number of benzene rings is 1. The summed E-state index contributed by atoms with van der Waals surface area (Å²) in [6.07, 6.45) is 2.20. The molecule has 1 heterocycles. The molecule has 0 aromatic heterocycles. The largest absolute Gasteiger partial charge is 0.305 e. The number of halogens is 2. The first-order valence-electron chi connectivity index (χ1n) is 6.59. The third kappa shape index (κ3) is 3.14. The van der Waals surface area contributed by atoms with Crippen molar-refractivity contribution in [2.24, 2.45) is 0 Å². The number of imide groups is 1. The van der Waals surface area contributed by atoms with E-state index < -0.39 is 6.04 Å². The van der Waals surface area contributed by atoms with Gasteiger partial charge >= 0.3 is 0 Å². The molecule has 0 bridgehead atoms. The minimum absolute atomic E-state index is 0.183. The van der Waals surface area contributed by atoms with E-state index in [0.29, 0.717) is 15.7 Å². The first-order chi connectivity index (χ1) is 9.54. The fraction of sp³-hybridized carbons (Fsp3) is 0.429. The van der Waals surface area contributed by atoms with E-state index in [2.05, 4.69) is 12.2 Å². The standard InChI is InChI=1S/C14H16Cl2N2O2/c1-2-3-6-17-12-8-13(19)18(14(12)20)9-4-5-10(15)11(16)7-9/h4-5,7,12,17H,2-3,6,8H2,1H3. The van der Waals surface area contributed by atoms with Crippen LogP contribution in [0.3, 0.4) is 0 Å². The summed E-state index contributed by atoms with van der Waals surface area (Å²) in [5.74, 6) is -0.452. The normalized spacial score (nSPS) is 18.9. The van der Waals surface area contributed by atoms with E-state index in [4.69, 9.17) is 23.2 Å². The number of amides is 2. The predicted molar refractivity (Wildman–Crippen MR) is 80.3 cm³/mol. The van der Waals surface area contributed by atoms with Crippen molar-refractivity contribution in [1.29, 1.82) is 0 Å². The van der Waals surface area contributed by atoms with Crippen LogP contribution in [0.2, 0.25) is 10.0 Å². The van der Waals surface area contributed by atoms with Crippen LogP contribution in [0, 0.1) is 0 Å². The Kier molecular flexibility index (Phi) is 5.02. The van der Waals surface area contributed by atoms with Gasteiger partial charge in [-0.3, -0.25) is 9.59 Å². The molecule has 4 nitrogen and oxygen atoms in total. The maximum absolute atomic E-state index is 12.3. The molecular formula is C14H16Cl2N2O2. The smallest absolute Gasteiger partial charge is 0.251 e. The van der Waals surface area contributed by atoms with Crippen molar-refractivity contribution in [2.75, 3.05) is 11.4 Å².